The van der Waals surface area contributed by atoms with Gasteiger partial charge in [0.25, 0.3) is 0 Å². The summed E-state index contributed by atoms with van der Waals surface area (Å²) in [5.41, 5.74) is 0. The van der Waals surface area contributed by atoms with Crippen molar-refractivity contribution < 1.29 is 8.91 Å². The summed E-state index contributed by atoms with van der Waals surface area (Å²) in [5.74, 6) is 0. The molecule has 0 aliphatic rings. The fraction of sp³-hybridized carbons (Fsp3) is 1.00. The van der Waals surface area contributed by atoms with Gasteiger partial charge in [-0.25, -0.2) is 0 Å². The van der Waals surface area contributed by atoms with Gasteiger partial charge in [0.1, 0.15) is 0 Å². The van der Waals surface area contributed by atoms with Gasteiger partial charge in [-0.05, 0) is 31.5 Å². The minimum atomic E-state index is -1.35. The van der Waals surface area contributed by atoms with E-state index in [1.54, 1.807) is 0 Å². The fourth-order valence-electron chi connectivity index (χ4n) is 2.06. The highest BCUT2D eigenvalue weighted by molar-refractivity contribution is 6.73. The summed E-state index contributed by atoms with van der Waals surface area (Å²) >= 11 is 0. The maximum atomic E-state index is 6.07. The molecule has 0 aromatic carbocycles. The third kappa shape index (κ3) is 6.33. The monoisotopic (exact) mass is 232 g/mol. The van der Waals surface area contributed by atoms with Crippen LogP contribution in [0.15, 0.2) is 0 Å². The Labute approximate surface area is 97.3 Å². The van der Waals surface area contributed by atoms with Gasteiger partial charge in [-0.2, -0.15) is 0 Å². The summed E-state index contributed by atoms with van der Waals surface area (Å²) in [4.78, 5) is 0. The third-order valence-corrected chi connectivity index (χ3v) is 7.94. The molecule has 3 heteroatoms. The van der Waals surface area contributed by atoms with Crippen LogP contribution < -0.4 is 0 Å². The first-order valence-electron chi connectivity index (χ1n) is 6.33. The molecule has 0 aliphatic carbocycles. The minimum Gasteiger partial charge on any atom is -0.417 e. The molecule has 15 heavy (non-hydrogen) atoms. The van der Waals surface area contributed by atoms with Crippen LogP contribution in [0.4, 0.5) is 0 Å². The SMILES string of the molecule is CCO[Si](CC)(CC)CCC[N+](C)(C)C. The van der Waals surface area contributed by atoms with Gasteiger partial charge >= 0.3 is 0 Å². The zero-order valence-electron chi connectivity index (χ0n) is 11.6. The zero-order chi connectivity index (χ0) is 11.9. The van der Waals surface area contributed by atoms with Gasteiger partial charge in [0.2, 0.25) is 0 Å². The summed E-state index contributed by atoms with van der Waals surface area (Å²) in [6.45, 7) is 8.90. The van der Waals surface area contributed by atoms with Crippen LogP contribution in [0, 0.1) is 0 Å². The first kappa shape index (κ1) is 15.1. The summed E-state index contributed by atoms with van der Waals surface area (Å²) in [6.07, 6.45) is 1.32. The van der Waals surface area contributed by atoms with Crippen molar-refractivity contribution in [1.82, 2.24) is 0 Å². The highest BCUT2D eigenvalue weighted by Crippen LogP contribution is 2.24. The molecule has 0 saturated carbocycles. The third-order valence-electron chi connectivity index (χ3n) is 3.20. The van der Waals surface area contributed by atoms with E-state index in [4.69, 9.17) is 4.43 Å². The second-order valence-electron chi connectivity index (χ2n) is 5.44. The molecule has 0 saturated heterocycles. The number of rotatable bonds is 8. The Hall–Kier alpha value is 0.137. The predicted molar refractivity (Wildman–Crippen MR) is 70.7 cm³/mol. The van der Waals surface area contributed by atoms with E-state index >= 15 is 0 Å². The Bertz CT molecular complexity index is 161. The molecule has 0 radical (unpaired) electrons. The summed E-state index contributed by atoms with van der Waals surface area (Å²) < 4.78 is 7.15. The smallest absolute Gasteiger partial charge is 0.192 e. The Balaban J connectivity index is 4.06. The van der Waals surface area contributed by atoms with Crippen molar-refractivity contribution in [1.29, 1.82) is 0 Å². The average molecular weight is 232 g/mol. The molecule has 0 fully saturated rings. The fourth-order valence-corrected chi connectivity index (χ4v) is 5.24. The molecular weight excluding hydrogens is 202 g/mol. The molecule has 0 N–H and O–H groups in total. The lowest BCUT2D eigenvalue weighted by molar-refractivity contribution is -0.870. The number of quaternary nitrogens is 1. The zero-order valence-corrected chi connectivity index (χ0v) is 12.6. The molecule has 0 aliphatic heterocycles. The van der Waals surface area contributed by atoms with Crippen LogP contribution in [0.3, 0.4) is 0 Å². The average Bonchev–Trinajstić information content (AvgIpc) is 2.14. The molecule has 0 atom stereocenters. The van der Waals surface area contributed by atoms with Gasteiger partial charge in [-0.1, -0.05) is 13.8 Å². The van der Waals surface area contributed by atoms with Crippen LogP contribution in [0.1, 0.15) is 27.2 Å². The van der Waals surface area contributed by atoms with Gasteiger partial charge in [-0.3, -0.25) is 0 Å². The van der Waals surface area contributed by atoms with Gasteiger partial charge in [0.15, 0.2) is 8.32 Å². The topological polar surface area (TPSA) is 9.23 Å². The van der Waals surface area contributed by atoms with E-state index in [2.05, 4.69) is 41.9 Å². The largest absolute Gasteiger partial charge is 0.417 e. The molecule has 0 aromatic rings. The van der Waals surface area contributed by atoms with E-state index in [1.165, 1.54) is 31.1 Å². The second-order valence-corrected chi connectivity index (χ2v) is 10.0. The van der Waals surface area contributed by atoms with Crippen LogP contribution in [-0.4, -0.2) is 47.1 Å². The molecule has 0 bridgehead atoms. The Kier molecular flexibility index (Phi) is 6.72. The van der Waals surface area contributed by atoms with E-state index in [0.717, 1.165) is 11.1 Å². The van der Waals surface area contributed by atoms with Gasteiger partial charge in [-0.15, -0.1) is 0 Å². The molecular formula is C12H30NOSi+. The highest BCUT2D eigenvalue weighted by atomic mass is 28.4. The summed E-state index contributed by atoms with van der Waals surface area (Å²) in [7, 11) is 5.44. The van der Waals surface area contributed by atoms with Crippen LogP contribution in [0.5, 0.6) is 0 Å². The summed E-state index contributed by atoms with van der Waals surface area (Å²) in [5, 5.41) is 0. The maximum Gasteiger partial charge on any atom is 0.192 e. The number of nitrogens with zero attached hydrogens (tertiary/aromatic N) is 1. The lowest BCUT2D eigenvalue weighted by Crippen LogP contribution is -2.40. The van der Waals surface area contributed by atoms with Crippen molar-refractivity contribution in [2.75, 3.05) is 34.3 Å². The highest BCUT2D eigenvalue weighted by Gasteiger charge is 2.30. The second kappa shape index (κ2) is 6.66. The van der Waals surface area contributed by atoms with Crippen molar-refractivity contribution >= 4 is 8.32 Å². The lowest BCUT2D eigenvalue weighted by atomic mass is 10.4. The Morgan fingerprint density at radius 1 is 1.00 bits per heavy atom. The molecule has 0 spiro atoms. The summed E-state index contributed by atoms with van der Waals surface area (Å²) in [6, 6.07) is 3.88. The molecule has 0 heterocycles. The molecule has 0 rings (SSSR count). The molecule has 0 unspecified atom stereocenters. The molecule has 0 aromatic heterocycles. The Morgan fingerprint density at radius 2 is 1.53 bits per heavy atom. The maximum absolute atomic E-state index is 6.07. The quantitative estimate of drug-likeness (QED) is 0.461. The standard InChI is InChI=1S/C12H30NOSi/c1-7-14-15(8-2,9-3)12-10-11-13(4,5)6/h7-12H2,1-6H3/q+1. The van der Waals surface area contributed by atoms with E-state index in [9.17, 15) is 0 Å². The van der Waals surface area contributed by atoms with E-state index in [-0.39, 0.29) is 0 Å². The van der Waals surface area contributed by atoms with Crippen molar-refractivity contribution in [3.8, 4) is 0 Å². The predicted octanol–water partition coefficient (Wildman–Crippen LogP) is 3.10. The first-order valence-corrected chi connectivity index (χ1v) is 8.86. The van der Waals surface area contributed by atoms with Gasteiger partial charge in [0, 0.05) is 6.61 Å². The van der Waals surface area contributed by atoms with Gasteiger partial charge < -0.3 is 8.91 Å². The van der Waals surface area contributed by atoms with Gasteiger partial charge in [0.05, 0.1) is 27.7 Å². The minimum absolute atomic E-state index is 0.901. The molecule has 92 valence electrons. The Morgan fingerprint density at radius 3 is 1.87 bits per heavy atom. The molecule has 2 nitrogen and oxygen atoms in total. The first-order chi connectivity index (χ1) is 6.89. The van der Waals surface area contributed by atoms with E-state index in [0.29, 0.717) is 0 Å². The van der Waals surface area contributed by atoms with Crippen molar-refractivity contribution in [2.24, 2.45) is 0 Å². The van der Waals surface area contributed by atoms with Crippen molar-refractivity contribution in [3.63, 3.8) is 0 Å². The van der Waals surface area contributed by atoms with E-state index < -0.39 is 8.32 Å². The lowest BCUT2D eigenvalue weighted by Gasteiger charge is -2.31. The molecule has 0 amide bonds. The van der Waals surface area contributed by atoms with E-state index in [1.807, 2.05) is 0 Å². The normalized spacial score (nSPS) is 13.2. The van der Waals surface area contributed by atoms with Crippen molar-refractivity contribution in [2.45, 2.75) is 45.3 Å². The van der Waals surface area contributed by atoms with Crippen LogP contribution in [0.25, 0.3) is 0 Å². The van der Waals surface area contributed by atoms with Crippen LogP contribution >= 0.6 is 0 Å². The van der Waals surface area contributed by atoms with Crippen LogP contribution in [-0.2, 0) is 4.43 Å². The number of hydrogen-bond donors (Lipinski definition) is 0. The number of hydrogen-bond acceptors (Lipinski definition) is 1. The van der Waals surface area contributed by atoms with Crippen molar-refractivity contribution in [3.05, 3.63) is 0 Å². The van der Waals surface area contributed by atoms with Crippen LogP contribution in [0.2, 0.25) is 18.1 Å².